The van der Waals surface area contributed by atoms with E-state index in [9.17, 15) is 14.4 Å². The van der Waals surface area contributed by atoms with E-state index in [4.69, 9.17) is 4.74 Å². The summed E-state index contributed by atoms with van der Waals surface area (Å²) in [5.74, 6) is -1.18. The molecule has 0 atom stereocenters. The Kier molecular flexibility index (Phi) is 4.98. The minimum absolute atomic E-state index is 0.149. The van der Waals surface area contributed by atoms with Crippen molar-refractivity contribution in [3.63, 3.8) is 0 Å². The van der Waals surface area contributed by atoms with E-state index in [-0.39, 0.29) is 24.0 Å². The summed E-state index contributed by atoms with van der Waals surface area (Å²) in [7, 11) is 0. The minimum Gasteiger partial charge on any atom is -0.453 e. The second-order valence-electron chi connectivity index (χ2n) is 4.47. The number of aromatic nitrogens is 1. The van der Waals surface area contributed by atoms with Crippen molar-refractivity contribution in [2.45, 2.75) is 6.92 Å². The first-order valence-electron chi connectivity index (χ1n) is 6.55. The zero-order valence-electron chi connectivity index (χ0n) is 11.9. The number of pyridine rings is 1. The minimum atomic E-state index is -0.649. The maximum absolute atomic E-state index is 11.9. The van der Waals surface area contributed by atoms with E-state index in [2.05, 4.69) is 10.3 Å². The largest absolute Gasteiger partial charge is 0.453 e. The number of hydrogen-bond acceptors (Lipinski definition) is 5. The molecule has 6 heteroatoms. The van der Waals surface area contributed by atoms with E-state index in [1.165, 1.54) is 19.2 Å². The van der Waals surface area contributed by atoms with Crippen molar-refractivity contribution in [2.24, 2.45) is 0 Å². The van der Waals surface area contributed by atoms with Gasteiger partial charge in [0, 0.05) is 24.4 Å². The predicted octanol–water partition coefficient (Wildman–Crippen LogP) is 2.08. The molecule has 0 saturated carbocycles. The zero-order chi connectivity index (χ0) is 15.9. The zero-order valence-corrected chi connectivity index (χ0v) is 11.9. The van der Waals surface area contributed by atoms with Crippen molar-refractivity contribution in [1.82, 2.24) is 4.98 Å². The molecule has 6 nitrogen and oxygen atoms in total. The molecule has 2 rings (SSSR count). The molecule has 0 saturated heterocycles. The van der Waals surface area contributed by atoms with Crippen molar-refractivity contribution >= 4 is 23.3 Å². The molecule has 0 aliphatic rings. The van der Waals surface area contributed by atoms with Crippen LogP contribution in [0.15, 0.2) is 48.7 Å². The predicted molar refractivity (Wildman–Crippen MR) is 79.6 cm³/mol. The Hall–Kier alpha value is -3.02. The Labute approximate surface area is 127 Å². The van der Waals surface area contributed by atoms with E-state index in [1.54, 1.807) is 36.4 Å². The molecule has 2 aromatic rings. The summed E-state index contributed by atoms with van der Waals surface area (Å²) in [6.07, 6.45) is 1.47. The molecule has 0 unspecified atom stereocenters. The fourth-order valence-electron chi connectivity index (χ4n) is 1.71. The number of benzene rings is 1. The summed E-state index contributed by atoms with van der Waals surface area (Å²) >= 11 is 0. The molecule has 112 valence electrons. The number of ether oxygens (including phenoxy) is 1. The first kappa shape index (κ1) is 15.4. The standard InChI is InChI=1S/C16H14N2O4/c1-11(19)18-13-7-5-12(6-8-13)15(20)10-22-16(21)14-4-2-3-9-17-14/h2-9H,10H2,1H3,(H,18,19). The van der Waals surface area contributed by atoms with Gasteiger partial charge in [0.05, 0.1) is 0 Å². The highest BCUT2D eigenvalue weighted by atomic mass is 16.5. The van der Waals surface area contributed by atoms with Crippen LogP contribution in [0.25, 0.3) is 0 Å². The number of hydrogen-bond donors (Lipinski definition) is 1. The van der Waals surface area contributed by atoms with Crippen molar-refractivity contribution in [2.75, 3.05) is 11.9 Å². The third-order valence-corrected chi connectivity index (χ3v) is 2.74. The summed E-state index contributed by atoms with van der Waals surface area (Å²) in [5.41, 5.74) is 1.13. The molecule has 22 heavy (non-hydrogen) atoms. The van der Waals surface area contributed by atoms with Gasteiger partial charge < -0.3 is 10.1 Å². The topological polar surface area (TPSA) is 85.4 Å². The van der Waals surface area contributed by atoms with E-state index < -0.39 is 5.97 Å². The van der Waals surface area contributed by atoms with E-state index in [0.717, 1.165) is 0 Å². The lowest BCUT2D eigenvalue weighted by molar-refractivity contribution is -0.114. The van der Waals surface area contributed by atoms with Gasteiger partial charge in [-0.1, -0.05) is 6.07 Å². The fraction of sp³-hybridized carbons (Fsp3) is 0.125. The molecular weight excluding hydrogens is 284 g/mol. The van der Waals surface area contributed by atoms with E-state index >= 15 is 0 Å². The SMILES string of the molecule is CC(=O)Nc1ccc(C(=O)COC(=O)c2ccccn2)cc1. The third-order valence-electron chi connectivity index (χ3n) is 2.74. The molecule has 0 aliphatic carbocycles. The summed E-state index contributed by atoms with van der Waals surface area (Å²) < 4.78 is 4.92. The van der Waals surface area contributed by atoms with Crippen LogP contribution in [0.4, 0.5) is 5.69 Å². The van der Waals surface area contributed by atoms with Gasteiger partial charge in [-0.3, -0.25) is 9.59 Å². The van der Waals surface area contributed by atoms with E-state index in [0.29, 0.717) is 11.3 Å². The highest BCUT2D eigenvalue weighted by Gasteiger charge is 2.12. The lowest BCUT2D eigenvalue weighted by Gasteiger charge is -2.05. The molecule has 0 spiro atoms. The third kappa shape index (κ3) is 4.24. The van der Waals surface area contributed by atoms with Gasteiger partial charge in [0.15, 0.2) is 12.4 Å². The first-order chi connectivity index (χ1) is 10.6. The molecule has 0 radical (unpaired) electrons. The van der Waals surface area contributed by atoms with Crippen LogP contribution in [0.1, 0.15) is 27.8 Å². The van der Waals surface area contributed by atoms with Crippen molar-refractivity contribution < 1.29 is 19.1 Å². The number of nitrogens with one attached hydrogen (secondary N) is 1. The lowest BCUT2D eigenvalue weighted by Crippen LogP contribution is -2.15. The Morgan fingerprint density at radius 3 is 2.41 bits per heavy atom. The Bertz CT molecular complexity index is 681. The summed E-state index contributed by atoms with van der Waals surface area (Å²) in [6, 6.07) is 11.2. The first-order valence-corrected chi connectivity index (χ1v) is 6.55. The number of ketones is 1. The highest BCUT2D eigenvalue weighted by molar-refractivity contribution is 5.99. The van der Waals surface area contributed by atoms with E-state index in [1.807, 2.05) is 0 Å². The number of carbonyl (C=O) groups is 3. The number of nitrogens with zero attached hydrogens (tertiary/aromatic N) is 1. The molecule has 1 heterocycles. The molecule has 0 fully saturated rings. The van der Waals surface area contributed by atoms with Gasteiger partial charge in [0.25, 0.3) is 0 Å². The molecule has 1 aromatic heterocycles. The Morgan fingerprint density at radius 1 is 1.09 bits per heavy atom. The quantitative estimate of drug-likeness (QED) is 0.674. The van der Waals surface area contributed by atoms with Crippen LogP contribution < -0.4 is 5.32 Å². The average molecular weight is 298 g/mol. The number of amides is 1. The number of carbonyl (C=O) groups excluding carboxylic acids is 3. The van der Waals surface area contributed by atoms with Crippen LogP contribution >= 0.6 is 0 Å². The van der Waals surface area contributed by atoms with Crippen LogP contribution in [0.2, 0.25) is 0 Å². The van der Waals surface area contributed by atoms with Gasteiger partial charge in [0.2, 0.25) is 5.91 Å². The van der Waals surface area contributed by atoms with Crippen LogP contribution in [0.5, 0.6) is 0 Å². The number of rotatable bonds is 5. The molecule has 1 aromatic carbocycles. The lowest BCUT2D eigenvalue weighted by atomic mass is 10.1. The van der Waals surface area contributed by atoms with Gasteiger partial charge in [0.1, 0.15) is 5.69 Å². The number of esters is 1. The van der Waals surface area contributed by atoms with Gasteiger partial charge in [-0.15, -0.1) is 0 Å². The van der Waals surface area contributed by atoms with Crippen molar-refractivity contribution in [1.29, 1.82) is 0 Å². The Morgan fingerprint density at radius 2 is 1.82 bits per heavy atom. The number of anilines is 1. The average Bonchev–Trinajstić information content (AvgIpc) is 2.53. The normalized spacial score (nSPS) is 9.86. The van der Waals surface area contributed by atoms with Crippen LogP contribution in [0.3, 0.4) is 0 Å². The van der Waals surface area contributed by atoms with Gasteiger partial charge in [-0.2, -0.15) is 0 Å². The van der Waals surface area contributed by atoms with Crippen LogP contribution in [-0.4, -0.2) is 29.3 Å². The van der Waals surface area contributed by atoms with Gasteiger partial charge in [-0.25, -0.2) is 9.78 Å². The maximum atomic E-state index is 11.9. The fourth-order valence-corrected chi connectivity index (χ4v) is 1.71. The van der Waals surface area contributed by atoms with Gasteiger partial charge >= 0.3 is 5.97 Å². The smallest absolute Gasteiger partial charge is 0.357 e. The second-order valence-corrected chi connectivity index (χ2v) is 4.47. The second kappa shape index (κ2) is 7.12. The summed E-state index contributed by atoms with van der Waals surface area (Å²) in [5, 5.41) is 2.60. The molecule has 1 amide bonds. The number of Topliss-reactive ketones (excluding diaryl/α,β-unsaturated/α-hetero) is 1. The van der Waals surface area contributed by atoms with Crippen LogP contribution in [0, 0.1) is 0 Å². The molecular formula is C16H14N2O4. The monoisotopic (exact) mass is 298 g/mol. The molecule has 0 aliphatic heterocycles. The highest BCUT2D eigenvalue weighted by Crippen LogP contribution is 2.10. The molecule has 0 bridgehead atoms. The van der Waals surface area contributed by atoms with Crippen LogP contribution in [-0.2, 0) is 9.53 Å². The summed E-state index contributed by atoms with van der Waals surface area (Å²) in [4.78, 5) is 38.3. The van der Waals surface area contributed by atoms with Crippen molar-refractivity contribution in [3.05, 3.63) is 59.9 Å². The van der Waals surface area contributed by atoms with Crippen molar-refractivity contribution in [3.8, 4) is 0 Å². The maximum Gasteiger partial charge on any atom is 0.357 e. The molecule has 1 N–H and O–H groups in total. The van der Waals surface area contributed by atoms with Gasteiger partial charge in [-0.05, 0) is 36.4 Å². The Balaban J connectivity index is 1.92. The summed E-state index contributed by atoms with van der Waals surface area (Å²) in [6.45, 7) is 1.03.